The van der Waals surface area contributed by atoms with Crippen LogP contribution in [0.25, 0.3) is 0 Å². The molecule has 1 aliphatic carbocycles. The number of halogens is 1. The van der Waals surface area contributed by atoms with E-state index in [0.717, 1.165) is 25.7 Å². The number of ether oxygens (including phenoxy) is 4. The van der Waals surface area contributed by atoms with Crippen molar-refractivity contribution in [3.8, 4) is 11.6 Å². The molecule has 13 nitrogen and oxygen atoms in total. The molecule has 1 saturated heterocycles. The smallest absolute Gasteiger partial charge is 0.286 e. The van der Waals surface area contributed by atoms with Gasteiger partial charge in [-0.05, 0) is 79.5 Å². The number of nitrogens with zero attached hydrogens (tertiary/aromatic N) is 4. The van der Waals surface area contributed by atoms with E-state index in [9.17, 15) is 18.9 Å². The molecule has 1 fully saturated rings. The predicted molar refractivity (Wildman–Crippen MR) is 205 cm³/mol. The second-order valence-corrected chi connectivity index (χ2v) is 17.8. The number of aromatic nitrogens is 2. The summed E-state index contributed by atoms with van der Waals surface area (Å²) in [6.07, 6.45) is 4.39. The number of rotatable bonds is 6. The van der Waals surface area contributed by atoms with E-state index in [-0.39, 0.29) is 64.7 Å². The summed E-state index contributed by atoms with van der Waals surface area (Å²) < 4.78 is 48.1. The highest BCUT2D eigenvalue weighted by atomic mass is 35.5. The largest absolute Gasteiger partial charge is 0.490 e. The summed E-state index contributed by atoms with van der Waals surface area (Å²) in [5.41, 5.74) is 3.00. The molecule has 0 radical (unpaired) electrons. The molecule has 2 amide bonds. The molecule has 7 rings (SSSR count). The van der Waals surface area contributed by atoms with Gasteiger partial charge in [0.1, 0.15) is 21.2 Å². The minimum Gasteiger partial charge on any atom is -0.490 e. The average molecular weight is 784 g/mol. The van der Waals surface area contributed by atoms with Crippen molar-refractivity contribution >= 4 is 39.0 Å². The number of fused-ring (bicyclic) bond motifs is 5. The molecule has 54 heavy (non-hydrogen) atoms. The molecule has 1 unspecified atom stereocenters. The standard InChI is InChI=1S/C39H50ClN5O8S/c1-6-28-33-18-45-21-39(13-7-8-24-15-27(40)10-11-30(24)39)22-52-32-12-9-25(16-31(32)45)36(47)42-54(49,43-37(48)29-17-44(3)41-38(29)51-5)20-23(2)14-26(19-46)34(53-33)35(28)50-4/h9-12,15-17,23,26,28,33-35,46H,6-8,13-14,18-22H2,1-5H3,(H,42,43,47,48,49)/t23-,26+,28+,33-,34+,35+,39-,54?/m0/s1. The van der Waals surface area contributed by atoms with E-state index in [1.165, 1.54) is 29.1 Å². The van der Waals surface area contributed by atoms with Crippen molar-refractivity contribution < 1.29 is 37.9 Å². The molecule has 2 N–H and O–H groups in total. The van der Waals surface area contributed by atoms with Crippen LogP contribution >= 0.6 is 11.6 Å². The van der Waals surface area contributed by atoms with Crippen LogP contribution in [0.3, 0.4) is 0 Å². The third-order valence-corrected chi connectivity index (χ3v) is 13.8. The molecule has 2 aromatic carbocycles. The van der Waals surface area contributed by atoms with Crippen LogP contribution in [0.1, 0.15) is 71.4 Å². The Labute approximate surface area is 321 Å². The highest BCUT2D eigenvalue weighted by molar-refractivity contribution is 7.92. The Kier molecular flexibility index (Phi) is 11.0. The summed E-state index contributed by atoms with van der Waals surface area (Å²) in [5, 5.41) is 15.7. The number of benzene rings is 2. The van der Waals surface area contributed by atoms with Gasteiger partial charge in [0.15, 0.2) is 0 Å². The summed E-state index contributed by atoms with van der Waals surface area (Å²) in [6.45, 7) is 5.30. The lowest BCUT2D eigenvalue weighted by Crippen LogP contribution is -2.48. The van der Waals surface area contributed by atoms with E-state index < -0.39 is 27.8 Å². The first-order valence-electron chi connectivity index (χ1n) is 18.7. The average Bonchev–Trinajstić information content (AvgIpc) is 3.66. The van der Waals surface area contributed by atoms with Crippen LogP contribution in [-0.4, -0.2) is 95.5 Å². The lowest BCUT2D eigenvalue weighted by atomic mass is 9.70. The fraction of sp³-hybridized carbons (Fsp3) is 0.564. The van der Waals surface area contributed by atoms with Gasteiger partial charge in [0.05, 0.1) is 43.5 Å². The zero-order valence-corrected chi connectivity index (χ0v) is 33.0. The zero-order chi connectivity index (χ0) is 38.4. The Morgan fingerprint density at radius 3 is 2.78 bits per heavy atom. The number of nitrogens with one attached hydrogen (secondary N) is 1. The molecule has 15 heteroatoms. The molecule has 292 valence electrons. The van der Waals surface area contributed by atoms with E-state index in [1.807, 2.05) is 13.0 Å². The van der Waals surface area contributed by atoms with Crippen molar-refractivity contribution in [2.24, 2.45) is 29.2 Å². The van der Waals surface area contributed by atoms with Crippen LogP contribution in [-0.2, 0) is 38.3 Å². The normalized spacial score (nSPS) is 31.0. The first-order valence-corrected chi connectivity index (χ1v) is 20.7. The maximum Gasteiger partial charge on any atom is 0.286 e. The van der Waals surface area contributed by atoms with Crippen LogP contribution in [0.2, 0.25) is 5.02 Å². The van der Waals surface area contributed by atoms with Crippen LogP contribution in [0.4, 0.5) is 5.69 Å². The quantitative estimate of drug-likeness (QED) is 0.351. The molecule has 8 atom stereocenters. The minimum absolute atomic E-state index is 0.0103. The number of carbonyl (C=O) groups excluding carboxylic acids is 2. The molecule has 4 aliphatic rings. The van der Waals surface area contributed by atoms with Crippen molar-refractivity contribution in [1.29, 1.82) is 0 Å². The Morgan fingerprint density at radius 2 is 2.04 bits per heavy atom. The molecular formula is C39H50ClN5O8S. The number of aliphatic hydroxyl groups is 1. The first-order chi connectivity index (χ1) is 25.9. The summed E-state index contributed by atoms with van der Waals surface area (Å²) in [4.78, 5) is 30.0. The molecule has 0 saturated carbocycles. The molecule has 3 aromatic rings. The number of aryl methyl sites for hydroxylation is 2. The number of aliphatic hydroxyl groups excluding tert-OH is 1. The third kappa shape index (κ3) is 7.35. The number of amides is 2. The van der Waals surface area contributed by atoms with Gasteiger partial charge in [0.25, 0.3) is 11.8 Å². The molecule has 1 spiro atoms. The van der Waals surface area contributed by atoms with Gasteiger partial charge in [0.2, 0.25) is 5.88 Å². The molecule has 1 aromatic heterocycles. The minimum atomic E-state index is -3.73. The Bertz CT molecular complexity index is 2030. The van der Waals surface area contributed by atoms with E-state index in [2.05, 4.69) is 38.1 Å². The van der Waals surface area contributed by atoms with E-state index in [1.54, 1.807) is 32.4 Å². The van der Waals surface area contributed by atoms with Crippen LogP contribution in [0.15, 0.2) is 47.0 Å². The van der Waals surface area contributed by atoms with Gasteiger partial charge in [-0.25, -0.2) is 4.21 Å². The maximum atomic E-state index is 14.8. The highest BCUT2D eigenvalue weighted by Gasteiger charge is 2.49. The van der Waals surface area contributed by atoms with Crippen LogP contribution in [0, 0.1) is 17.8 Å². The molecular weight excluding hydrogens is 734 g/mol. The Balaban J connectivity index is 1.35. The third-order valence-electron chi connectivity index (χ3n) is 11.6. The lowest BCUT2D eigenvalue weighted by molar-refractivity contribution is -0.0545. The number of methoxy groups -OCH3 is 2. The van der Waals surface area contributed by atoms with Gasteiger partial charge >= 0.3 is 0 Å². The van der Waals surface area contributed by atoms with Crippen molar-refractivity contribution in [2.45, 2.75) is 69.7 Å². The van der Waals surface area contributed by atoms with Crippen molar-refractivity contribution in [1.82, 2.24) is 14.5 Å². The van der Waals surface area contributed by atoms with Gasteiger partial charge in [-0.1, -0.05) is 31.5 Å². The Morgan fingerprint density at radius 1 is 1.22 bits per heavy atom. The van der Waals surface area contributed by atoms with E-state index in [0.29, 0.717) is 42.6 Å². The van der Waals surface area contributed by atoms with Gasteiger partial charge in [-0.2, -0.15) is 0 Å². The molecule has 4 heterocycles. The van der Waals surface area contributed by atoms with Gasteiger partial charge in [-0.3, -0.25) is 19.0 Å². The zero-order valence-electron chi connectivity index (χ0n) is 31.5. The predicted octanol–water partition coefficient (Wildman–Crippen LogP) is 4.97. The fourth-order valence-electron chi connectivity index (χ4n) is 9.21. The van der Waals surface area contributed by atoms with E-state index in [4.69, 9.17) is 30.5 Å². The number of anilines is 1. The first kappa shape index (κ1) is 38.6. The summed E-state index contributed by atoms with van der Waals surface area (Å²) in [6, 6.07) is 11.3. The second-order valence-electron chi connectivity index (χ2n) is 15.3. The number of hydrogen-bond acceptors (Lipinski definition) is 10. The van der Waals surface area contributed by atoms with Crippen LogP contribution in [0.5, 0.6) is 11.6 Å². The second kappa shape index (κ2) is 15.4. The van der Waals surface area contributed by atoms with Crippen LogP contribution < -0.4 is 19.1 Å². The van der Waals surface area contributed by atoms with Gasteiger partial charge in [0, 0.05) is 67.9 Å². The SMILES string of the molecule is CC[C@H]1[C@@H](OC)[C@@H]2O[C@H]1CN1C[C@@]3(CCCc4cc(Cl)ccc43)COc3ccc(cc31)C(=O)N=S(=O)(NC(=O)c1cn(C)nc1OC)C[C@@H](C)C[C@@H]2CO. The number of hydrogen-bond donors (Lipinski definition) is 2. The summed E-state index contributed by atoms with van der Waals surface area (Å²) in [7, 11) is 0.975. The lowest BCUT2D eigenvalue weighted by Gasteiger charge is -2.41. The van der Waals surface area contributed by atoms with E-state index >= 15 is 0 Å². The molecule has 4 bridgehead atoms. The van der Waals surface area contributed by atoms with Gasteiger partial charge in [-0.15, -0.1) is 9.46 Å². The van der Waals surface area contributed by atoms with Gasteiger partial charge < -0.3 is 29.0 Å². The maximum absolute atomic E-state index is 14.8. The monoisotopic (exact) mass is 783 g/mol. The topological polar surface area (TPSA) is 154 Å². The molecule has 3 aliphatic heterocycles. The fourth-order valence-corrected chi connectivity index (χ4v) is 11.3. The highest BCUT2D eigenvalue weighted by Crippen LogP contribution is 2.46. The van der Waals surface area contributed by atoms with Crippen molar-refractivity contribution in [3.63, 3.8) is 0 Å². The van der Waals surface area contributed by atoms with Crippen molar-refractivity contribution in [2.75, 3.05) is 51.2 Å². The summed E-state index contributed by atoms with van der Waals surface area (Å²) >= 11 is 6.47. The number of carbonyl (C=O) groups is 2. The Hall–Kier alpha value is -3.69. The summed E-state index contributed by atoms with van der Waals surface area (Å²) in [5.74, 6) is -1.70. The van der Waals surface area contributed by atoms with Crippen molar-refractivity contribution in [3.05, 3.63) is 69.9 Å².